The van der Waals surface area contributed by atoms with Crippen LogP contribution in [0.3, 0.4) is 0 Å². The highest BCUT2D eigenvalue weighted by Crippen LogP contribution is 2.29. The van der Waals surface area contributed by atoms with Crippen LogP contribution >= 0.6 is 11.3 Å². The van der Waals surface area contributed by atoms with Gasteiger partial charge in [-0.15, -0.1) is 11.3 Å². The second kappa shape index (κ2) is 8.79. The molecule has 1 amide bonds. The maximum Gasteiger partial charge on any atom is 0.263 e. The molecule has 0 radical (unpaired) electrons. The van der Waals surface area contributed by atoms with Crippen LogP contribution in [-0.4, -0.2) is 43.9 Å². The minimum Gasteiger partial charge on any atom is -0.347 e. The maximum atomic E-state index is 12.6. The number of aryl methyl sites for hydroxylation is 1. The minimum atomic E-state index is -0.0964. The Morgan fingerprint density at radius 1 is 1.18 bits per heavy atom. The van der Waals surface area contributed by atoms with E-state index in [-0.39, 0.29) is 11.3 Å². The zero-order valence-electron chi connectivity index (χ0n) is 20.0. The first-order valence-electron chi connectivity index (χ1n) is 11.6. The Balaban J connectivity index is 1.33. The number of H-pyrrole nitrogens is 1. The summed E-state index contributed by atoms with van der Waals surface area (Å²) in [4.78, 5) is 37.0. The number of carbonyl (C=O) groups is 1. The summed E-state index contributed by atoms with van der Waals surface area (Å²) in [7, 11) is 0. The third-order valence-corrected chi connectivity index (χ3v) is 7.53. The van der Waals surface area contributed by atoms with Gasteiger partial charge in [-0.3, -0.25) is 4.79 Å². The van der Waals surface area contributed by atoms with Crippen LogP contribution in [0.25, 0.3) is 22.4 Å². The normalized spacial score (nSPS) is 14.2. The van der Waals surface area contributed by atoms with E-state index in [9.17, 15) is 4.79 Å². The van der Waals surface area contributed by atoms with Gasteiger partial charge in [-0.05, 0) is 37.0 Å². The lowest BCUT2D eigenvalue weighted by molar-refractivity contribution is 0.0954. The van der Waals surface area contributed by atoms with Crippen molar-refractivity contribution in [3.05, 3.63) is 51.7 Å². The molecular weight excluding hydrogens is 446 g/mol. The topological polar surface area (TPSA) is 99.7 Å². The minimum absolute atomic E-state index is 0.0636. The molecule has 0 saturated carbocycles. The second-order valence-corrected chi connectivity index (χ2v) is 10.8. The van der Waals surface area contributed by atoms with Crippen LogP contribution < -0.4 is 10.2 Å². The number of rotatable bonds is 5. The predicted molar refractivity (Wildman–Crippen MR) is 135 cm³/mol. The highest BCUT2D eigenvalue weighted by atomic mass is 32.1. The van der Waals surface area contributed by atoms with Gasteiger partial charge in [0.15, 0.2) is 5.65 Å². The molecule has 34 heavy (non-hydrogen) atoms. The quantitative estimate of drug-likeness (QED) is 0.437. The van der Waals surface area contributed by atoms with E-state index in [1.807, 2.05) is 12.1 Å². The maximum absolute atomic E-state index is 12.6. The third-order valence-electron chi connectivity index (χ3n) is 6.11. The van der Waals surface area contributed by atoms with Crippen molar-refractivity contribution in [1.29, 1.82) is 0 Å². The standard InChI is InChI=1S/C25H29N7OS/c1-15-11-16(19-20-21(29-14-28-19)31-24(30-20)32-9-5-6-10-32)7-8-17(15)12-26-22(33)18-13-27-23(34-18)25(2,3)4/h7-8,11,13-14H,5-6,9-10,12H2,1-4H3,(H,26,33)(H,28,29,30,31). The number of hydrogen-bond donors (Lipinski definition) is 2. The average Bonchev–Trinajstić information content (AvgIpc) is 3.57. The van der Waals surface area contributed by atoms with Crippen LogP contribution in [0.1, 0.15) is 59.4 Å². The number of aromatic amines is 1. The van der Waals surface area contributed by atoms with Crippen LogP contribution in [0.5, 0.6) is 0 Å². The number of imidazole rings is 1. The first-order chi connectivity index (χ1) is 16.3. The van der Waals surface area contributed by atoms with Crippen molar-refractivity contribution in [3.8, 4) is 11.3 Å². The fraction of sp³-hybridized carbons (Fsp3) is 0.400. The van der Waals surface area contributed by atoms with Gasteiger partial charge in [-0.2, -0.15) is 4.98 Å². The summed E-state index contributed by atoms with van der Waals surface area (Å²) < 4.78 is 0. The van der Waals surface area contributed by atoms with E-state index in [1.165, 1.54) is 24.2 Å². The molecule has 4 aromatic rings. The van der Waals surface area contributed by atoms with Crippen molar-refractivity contribution < 1.29 is 4.79 Å². The Bertz CT molecular complexity index is 1350. The molecule has 5 rings (SSSR count). The molecule has 0 atom stereocenters. The van der Waals surface area contributed by atoms with Crippen LogP contribution in [0.15, 0.2) is 30.7 Å². The molecule has 8 nitrogen and oxygen atoms in total. The zero-order valence-corrected chi connectivity index (χ0v) is 20.8. The summed E-state index contributed by atoms with van der Waals surface area (Å²) in [6, 6.07) is 6.19. The van der Waals surface area contributed by atoms with Crippen molar-refractivity contribution in [1.82, 2.24) is 30.2 Å². The van der Waals surface area contributed by atoms with Crippen molar-refractivity contribution in [2.24, 2.45) is 0 Å². The van der Waals surface area contributed by atoms with Gasteiger partial charge in [0.2, 0.25) is 5.95 Å². The van der Waals surface area contributed by atoms with Crippen molar-refractivity contribution in [3.63, 3.8) is 0 Å². The summed E-state index contributed by atoms with van der Waals surface area (Å²) in [5, 5.41) is 3.99. The lowest BCUT2D eigenvalue weighted by Crippen LogP contribution is -2.22. The third kappa shape index (κ3) is 4.40. The van der Waals surface area contributed by atoms with Gasteiger partial charge < -0.3 is 15.2 Å². The van der Waals surface area contributed by atoms with E-state index < -0.39 is 0 Å². The Kier molecular flexibility index (Phi) is 5.81. The Hall–Kier alpha value is -3.33. The molecule has 1 aromatic carbocycles. The first-order valence-corrected chi connectivity index (χ1v) is 12.4. The monoisotopic (exact) mass is 475 g/mol. The Morgan fingerprint density at radius 3 is 2.68 bits per heavy atom. The molecule has 0 aliphatic carbocycles. The van der Waals surface area contributed by atoms with Gasteiger partial charge in [0.05, 0.1) is 16.9 Å². The highest BCUT2D eigenvalue weighted by Gasteiger charge is 2.21. The number of hydrogen-bond acceptors (Lipinski definition) is 7. The fourth-order valence-electron chi connectivity index (χ4n) is 4.14. The largest absolute Gasteiger partial charge is 0.347 e. The average molecular weight is 476 g/mol. The van der Waals surface area contributed by atoms with E-state index >= 15 is 0 Å². The van der Waals surface area contributed by atoms with Crippen LogP contribution in [0.4, 0.5) is 5.95 Å². The SMILES string of the molecule is Cc1cc(-c2ncnc3nc(N4CCCC4)[nH]c23)ccc1CNC(=O)c1cnc(C(C)(C)C)s1. The van der Waals surface area contributed by atoms with Crippen LogP contribution in [0.2, 0.25) is 0 Å². The summed E-state index contributed by atoms with van der Waals surface area (Å²) >= 11 is 1.45. The number of nitrogens with zero attached hydrogens (tertiary/aromatic N) is 5. The molecular formula is C25H29N7OS. The van der Waals surface area contributed by atoms with E-state index in [1.54, 1.807) is 12.5 Å². The van der Waals surface area contributed by atoms with Gasteiger partial charge >= 0.3 is 0 Å². The van der Waals surface area contributed by atoms with E-state index in [0.717, 1.165) is 51.9 Å². The molecule has 0 bridgehead atoms. The zero-order chi connectivity index (χ0) is 23.9. The lowest BCUT2D eigenvalue weighted by atomic mass is 9.98. The number of benzene rings is 1. The number of nitrogens with one attached hydrogen (secondary N) is 2. The van der Waals surface area contributed by atoms with Gasteiger partial charge in [-0.1, -0.05) is 32.9 Å². The molecule has 176 valence electrons. The highest BCUT2D eigenvalue weighted by molar-refractivity contribution is 7.13. The van der Waals surface area contributed by atoms with Crippen molar-refractivity contribution in [2.45, 2.75) is 52.5 Å². The number of thiazole rings is 1. The summed E-state index contributed by atoms with van der Waals surface area (Å²) in [6.07, 6.45) is 5.61. The van der Waals surface area contributed by atoms with Crippen molar-refractivity contribution >= 4 is 34.4 Å². The van der Waals surface area contributed by atoms with Gasteiger partial charge in [0.25, 0.3) is 5.91 Å². The number of fused-ring (bicyclic) bond motifs is 1. The molecule has 4 heterocycles. The summed E-state index contributed by atoms with van der Waals surface area (Å²) in [6.45, 7) is 10.8. The van der Waals surface area contributed by atoms with E-state index in [4.69, 9.17) is 0 Å². The smallest absolute Gasteiger partial charge is 0.263 e. The molecule has 9 heteroatoms. The number of anilines is 1. The molecule has 0 unspecified atom stereocenters. The molecule has 1 fully saturated rings. The number of amides is 1. The van der Waals surface area contributed by atoms with E-state index in [0.29, 0.717) is 17.1 Å². The molecule has 1 aliphatic heterocycles. The summed E-state index contributed by atoms with van der Waals surface area (Å²) in [5.74, 6) is 0.767. The lowest BCUT2D eigenvalue weighted by Gasteiger charge is -2.13. The summed E-state index contributed by atoms with van der Waals surface area (Å²) in [5.41, 5.74) is 5.44. The number of aromatic nitrogens is 5. The number of carbonyl (C=O) groups excluding carboxylic acids is 1. The first kappa shape index (κ1) is 22.5. The van der Waals surface area contributed by atoms with E-state index in [2.05, 4.69) is 68.9 Å². The van der Waals surface area contributed by atoms with Gasteiger partial charge in [0.1, 0.15) is 16.7 Å². The molecule has 2 N–H and O–H groups in total. The molecule has 3 aromatic heterocycles. The van der Waals surface area contributed by atoms with Gasteiger partial charge in [0, 0.05) is 30.6 Å². The fourth-order valence-corrected chi connectivity index (χ4v) is 5.03. The molecule has 1 saturated heterocycles. The Morgan fingerprint density at radius 2 is 1.97 bits per heavy atom. The predicted octanol–water partition coefficient (Wildman–Crippen LogP) is 4.61. The molecule has 1 aliphatic rings. The van der Waals surface area contributed by atoms with Gasteiger partial charge in [-0.25, -0.2) is 15.0 Å². The second-order valence-electron chi connectivity index (χ2n) is 9.78. The van der Waals surface area contributed by atoms with Crippen LogP contribution in [-0.2, 0) is 12.0 Å². The Labute approximate surface area is 202 Å². The van der Waals surface area contributed by atoms with Crippen molar-refractivity contribution in [2.75, 3.05) is 18.0 Å². The van der Waals surface area contributed by atoms with Crippen LogP contribution in [0, 0.1) is 6.92 Å². The molecule has 0 spiro atoms.